The fourth-order valence-electron chi connectivity index (χ4n) is 3.32. The summed E-state index contributed by atoms with van der Waals surface area (Å²) in [5, 5.41) is 21.4. The number of nitrogens with zero attached hydrogens (tertiary/aromatic N) is 1. The Morgan fingerprint density at radius 1 is 1.03 bits per heavy atom. The van der Waals surface area contributed by atoms with Gasteiger partial charge in [-0.1, -0.05) is 48.5 Å². The second kappa shape index (κ2) is 12.1. The van der Waals surface area contributed by atoms with E-state index in [1.54, 1.807) is 30.3 Å². The van der Waals surface area contributed by atoms with Crippen molar-refractivity contribution in [2.75, 3.05) is 6.61 Å². The van der Waals surface area contributed by atoms with Crippen LogP contribution in [0.5, 0.6) is 11.5 Å². The van der Waals surface area contributed by atoms with Gasteiger partial charge in [-0.25, -0.2) is 4.79 Å². The lowest BCUT2D eigenvalue weighted by atomic mass is 10.1. The van der Waals surface area contributed by atoms with Gasteiger partial charge in [0, 0.05) is 0 Å². The summed E-state index contributed by atoms with van der Waals surface area (Å²) in [6.07, 6.45) is 1.50. The topological polar surface area (TPSA) is 109 Å². The van der Waals surface area contributed by atoms with Crippen molar-refractivity contribution in [1.29, 1.82) is 5.26 Å². The van der Waals surface area contributed by atoms with Gasteiger partial charge in [0.25, 0.3) is 5.91 Å². The van der Waals surface area contributed by atoms with Gasteiger partial charge in [0.2, 0.25) is 0 Å². The zero-order valence-corrected chi connectivity index (χ0v) is 19.5. The van der Waals surface area contributed by atoms with Gasteiger partial charge in [-0.05, 0) is 60.9 Å². The summed E-state index contributed by atoms with van der Waals surface area (Å²) in [6.45, 7) is 4.32. The van der Waals surface area contributed by atoms with Crippen LogP contribution in [0.15, 0.2) is 78.4 Å². The number of rotatable bonds is 10. The number of amides is 1. The van der Waals surface area contributed by atoms with Crippen LogP contribution in [-0.2, 0) is 11.4 Å². The first-order valence-electron chi connectivity index (χ1n) is 11.1. The number of hydrogen-bond acceptors (Lipinski definition) is 5. The van der Waals surface area contributed by atoms with Crippen LogP contribution in [0.3, 0.4) is 0 Å². The number of hydrogen-bond donors (Lipinski definition) is 2. The fraction of sp³-hybridized carbons (Fsp3) is 0.179. The standard InChI is InChI=1S/C28H26N2O5/c1-3-34-26-16-21(11-14-25(26)35-18-20-9-12-23(13-10-20)28(32)33)15-24(17-29)27(31)30-19(2)22-7-5-4-6-8-22/h4-16,19H,3,18H2,1-2H3,(H,30,31)(H,32,33)/b24-15-/t19-/m0/s1. The monoisotopic (exact) mass is 470 g/mol. The number of nitrogens with one attached hydrogen (secondary N) is 1. The summed E-state index contributed by atoms with van der Waals surface area (Å²) in [7, 11) is 0. The molecule has 0 bridgehead atoms. The first kappa shape index (κ1) is 25.1. The predicted octanol–water partition coefficient (Wildman–Crippen LogP) is 5.15. The van der Waals surface area contributed by atoms with Crippen LogP contribution in [-0.4, -0.2) is 23.6 Å². The Morgan fingerprint density at radius 3 is 2.37 bits per heavy atom. The van der Waals surface area contributed by atoms with Crippen molar-refractivity contribution in [3.05, 3.63) is 101 Å². The highest BCUT2D eigenvalue weighted by Crippen LogP contribution is 2.30. The largest absolute Gasteiger partial charge is 0.490 e. The molecule has 3 rings (SSSR count). The highest BCUT2D eigenvalue weighted by molar-refractivity contribution is 6.01. The molecule has 0 aliphatic rings. The molecule has 7 nitrogen and oxygen atoms in total. The molecule has 2 N–H and O–H groups in total. The van der Waals surface area contributed by atoms with Crippen molar-refractivity contribution in [2.45, 2.75) is 26.5 Å². The van der Waals surface area contributed by atoms with Gasteiger partial charge in [0.15, 0.2) is 11.5 Å². The SMILES string of the molecule is CCOc1cc(/C=C(/C#N)C(=O)N[C@@H](C)c2ccccc2)ccc1OCc1ccc(C(=O)O)cc1. The number of nitriles is 1. The second-order valence-electron chi connectivity index (χ2n) is 7.71. The summed E-state index contributed by atoms with van der Waals surface area (Å²) in [5.41, 5.74) is 2.54. The zero-order chi connectivity index (χ0) is 25.2. The molecule has 35 heavy (non-hydrogen) atoms. The van der Waals surface area contributed by atoms with Crippen molar-refractivity contribution < 1.29 is 24.2 Å². The minimum absolute atomic E-state index is 0.0255. The van der Waals surface area contributed by atoms with E-state index in [1.807, 2.05) is 50.2 Å². The zero-order valence-electron chi connectivity index (χ0n) is 19.5. The van der Waals surface area contributed by atoms with Crippen molar-refractivity contribution in [2.24, 2.45) is 0 Å². The molecule has 0 fully saturated rings. The molecule has 0 saturated heterocycles. The molecule has 0 heterocycles. The lowest BCUT2D eigenvalue weighted by Gasteiger charge is -2.14. The number of benzene rings is 3. The van der Waals surface area contributed by atoms with Gasteiger partial charge in [-0.15, -0.1) is 0 Å². The van der Waals surface area contributed by atoms with Crippen molar-refractivity contribution >= 4 is 18.0 Å². The van der Waals surface area contributed by atoms with Crippen molar-refractivity contribution in [1.82, 2.24) is 5.32 Å². The first-order chi connectivity index (χ1) is 16.9. The van der Waals surface area contributed by atoms with Crippen LogP contribution in [0.4, 0.5) is 0 Å². The molecule has 0 saturated carbocycles. The summed E-state index contributed by atoms with van der Waals surface area (Å²) in [4.78, 5) is 23.7. The van der Waals surface area contributed by atoms with Crippen LogP contribution < -0.4 is 14.8 Å². The summed E-state index contributed by atoms with van der Waals surface area (Å²) < 4.78 is 11.6. The predicted molar refractivity (Wildman–Crippen MR) is 132 cm³/mol. The highest BCUT2D eigenvalue weighted by Gasteiger charge is 2.15. The fourth-order valence-corrected chi connectivity index (χ4v) is 3.32. The Kier molecular flexibility index (Phi) is 8.63. The third-order valence-electron chi connectivity index (χ3n) is 5.19. The summed E-state index contributed by atoms with van der Waals surface area (Å²) >= 11 is 0. The van der Waals surface area contributed by atoms with E-state index in [9.17, 15) is 14.9 Å². The summed E-state index contributed by atoms with van der Waals surface area (Å²) in [6, 6.07) is 22.8. The highest BCUT2D eigenvalue weighted by atomic mass is 16.5. The molecule has 0 unspecified atom stereocenters. The maximum atomic E-state index is 12.7. The summed E-state index contributed by atoms with van der Waals surface area (Å²) in [5.74, 6) is -0.489. The molecule has 3 aromatic rings. The third kappa shape index (κ3) is 6.95. The van der Waals surface area contributed by atoms with E-state index in [-0.39, 0.29) is 23.8 Å². The molecular formula is C28H26N2O5. The third-order valence-corrected chi connectivity index (χ3v) is 5.19. The molecule has 0 aromatic heterocycles. The van der Waals surface area contributed by atoms with Gasteiger partial charge < -0.3 is 19.9 Å². The lowest BCUT2D eigenvalue weighted by Crippen LogP contribution is -2.27. The quantitative estimate of drug-likeness (QED) is 0.313. The minimum atomic E-state index is -0.986. The van der Waals surface area contributed by atoms with E-state index < -0.39 is 11.9 Å². The van der Waals surface area contributed by atoms with Gasteiger partial charge in [0.05, 0.1) is 18.2 Å². The smallest absolute Gasteiger partial charge is 0.335 e. The van der Waals surface area contributed by atoms with E-state index in [1.165, 1.54) is 18.2 Å². The van der Waals surface area contributed by atoms with Gasteiger partial charge in [-0.2, -0.15) is 5.26 Å². The van der Waals surface area contributed by atoms with Gasteiger partial charge in [-0.3, -0.25) is 4.79 Å². The maximum absolute atomic E-state index is 12.7. The number of carbonyl (C=O) groups is 2. The van der Waals surface area contributed by atoms with E-state index in [0.29, 0.717) is 23.7 Å². The molecule has 0 aliphatic carbocycles. The molecule has 0 spiro atoms. The number of carboxylic acid groups (broad SMARTS) is 1. The van der Waals surface area contributed by atoms with Crippen LogP contribution in [0.25, 0.3) is 6.08 Å². The van der Waals surface area contributed by atoms with Crippen LogP contribution >= 0.6 is 0 Å². The Labute approximate surface area is 204 Å². The molecule has 7 heteroatoms. The lowest BCUT2D eigenvalue weighted by molar-refractivity contribution is -0.117. The van der Waals surface area contributed by atoms with Gasteiger partial charge in [0.1, 0.15) is 18.2 Å². The number of carbonyl (C=O) groups excluding carboxylic acids is 1. The maximum Gasteiger partial charge on any atom is 0.335 e. The molecule has 178 valence electrons. The second-order valence-corrected chi connectivity index (χ2v) is 7.71. The van der Waals surface area contributed by atoms with Crippen LogP contribution in [0.2, 0.25) is 0 Å². The van der Waals surface area contributed by atoms with Crippen LogP contribution in [0, 0.1) is 11.3 Å². The number of carboxylic acids is 1. The normalized spacial score (nSPS) is 11.7. The molecule has 0 aliphatic heterocycles. The Morgan fingerprint density at radius 2 is 1.74 bits per heavy atom. The van der Waals surface area contributed by atoms with Crippen LogP contribution in [0.1, 0.15) is 46.9 Å². The van der Waals surface area contributed by atoms with Crippen molar-refractivity contribution in [3.63, 3.8) is 0 Å². The van der Waals surface area contributed by atoms with E-state index in [0.717, 1.165) is 11.1 Å². The Bertz CT molecular complexity index is 1240. The molecule has 3 aromatic carbocycles. The molecule has 1 amide bonds. The van der Waals surface area contributed by atoms with Crippen molar-refractivity contribution in [3.8, 4) is 17.6 Å². The number of ether oxygens (including phenoxy) is 2. The average Bonchev–Trinajstić information content (AvgIpc) is 2.87. The van der Waals surface area contributed by atoms with Gasteiger partial charge >= 0.3 is 5.97 Å². The molecular weight excluding hydrogens is 444 g/mol. The van der Waals surface area contributed by atoms with E-state index in [4.69, 9.17) is 14.6 Å². The average molecular weight is 471 g/mol. The minimum Gasteiger partial charge on any atom is -0.490 e. The first-order valence-corrected chi connectivity index (χ1v) is 11.1. The Balaban J connectivity index is 1.73. The Hall–Kier alpha value is -4.57. The van der Waals surface area contributed by atoms with E-state index in [2.05, 4.69) is 5.32 Å². The number of aromatic carboxylic acids is 1. The molecule has 0 radical (unpaired) electrons. The molecule has 1 atom stereocenters. The van der Waals surface area contributed by atoms with E-state index >= 15 is 0 Å².